The fraction of sp³-hybridized carbons (Fsp3) is 0.188. The average Bonchev–Trinajstić information content (AvgIpc) is 2.79. The molecule has 3 aromatic rings. The van der Waals surface area contributed by atoms with E-state index >= 15 is 0 Å². The van der Waals surface area contributed by atoms with Gasteiger partial charge in [0.25, 0.3) is 0 Å². The molecule has 0 saturated carbocycles. The van der Waals surface area contributed by atoms with Gasteiger partial charge < -0.3 is 4.57 Å². The number of hydrogen-bond donors (Lipinski definition) is 0. The molecule has 0 amide bonds. The Balaban J connectivity index is 2.09. The van der Waals surface area contributed by atoms with Crippen LogP contribution in [-0.2, 0) is 13.0 Å². The molecule has 0 aliphatic carbocycles. The molecule has 4 rings (SSSR count). The first-order valence-electron chi connectivity index (χ1n) is 6.49. The normalized spacial score (nSPS) is 13.4. The minimum atomic E-state index is -0.159. The molecule has 0 spiro atoms. The van der Waals surface area contributed by atoms with Gasteiger partial charge in [-0.1, -0.05) is 12.1 Å². The Morgan fingerprint density at radius 1 is 1.21 bits per heavy atom. The molecule has 0 saturated heterocycles. The molecule has 94 valence electrons. The molecule has 3 heteroatoms. The Morgan fingerprint density at radius 2 is 2.11 bits per heavy atom. The van der Waals surface area contributed by atoms with Crippen molar-refractivity contribution in [1.82, 2.24) is 9.55 Å². The van der Waals surface area contributed by atoms with Crippen molar-refractivity contribution in [3.05, 3.63) is 53.5 Å². The van der Waals surface area contributed by atoms with Gasteiger partial charge in [0, 0.05) is 17.6 Å². The number of pyridine rings is 1. The molecule has 1 aliphatic rings. The number of rotatable bonds is 0. The number of hydrogen-bond acceptors (Lipinski definition) is 1. The van der Waals surface area contributed by atoms with Crippen molar-refractivity contribution in [2.45, 2.75) is 19.9 Å². The second-order valence-electron chi connectivity index (χ2n) is 5.06. The van der Waals surface area contributed by atoms with Crippen LogP contribution in [0.25, 0.3) is 22.3 Å². The van der Waals surface area contributed by atoms with Gasteiger partial charge >= 0.3 is 0 Å². The summed E-state index contributed by atoms with van der Waals surface area (Å²) in [6.45, 7) is 2.88. The van der Waals surface area contributed by atoms with E-state index in [-0.39, 0.29) is 5.82 Å². The lowest BCUT2D eigenvalue weighted by molar-refractivity contribution is 0.639. The van der Waals surface area contributed by atoms with Gasteiger partial charge in [0.05, 0.1) is 16.9 Å². The maximum Gasteiger partial charge on any atom is 0.132 e. The zero-order valence-corrected chi connectivity index (χ0v) is 10.7. The summed E-state index contributed by atoms with van der Waals surface area (Å²) >= 11 is 0. The fourth-order valence-electron chi connectivity index (χ4n) is 2.93. The minimum absolute atomic E-state index is 0.159. The van der Waals surface area contributed by atoms with Crippen molar-refractivity contribution in [2.75, 3.05) is 0 Å². The van der Waals surface area contributed by atoms with Crippen LogP contribution < -0.4 is 0 Å². The summed E-state index contributed by atoms with van der Waals surface area (Å²) in [6.07, 6.45) is 0.954. The Kier molecular flexibility index (Phi) is 2.07. The Labute approximate surface area is 110 Å². The van der Waals surface area contributed by atoms with E-state index in [1.54, 1.807) is 6.07 Å². The van der Waals surface area contributed by atoms with Gasteiger partial charge in [0.15, 0.2) is 0 Å². The summed E-state index contributed by atoms with van der Waals surface area (Å²) in [5, 5.41) is 0.689. The van der Waals surface area contributed by atoms with Gasteiger partial charge in [-0.15, -0.1) is 0 Å². The molecule has 0 radical (unpaired) electrons. The number of aromatic nitrogens is 2. The summed E-state index contributed by atoms with van der Waals surface area (Å²) in [5.74, 6) is -0.159. The average molecular weight is 252 g/mol. The van der Waals surface area contributed by atoms with Gasteiger partial charge in [0.1, 0.15) is 5.82 Å². The van der Waals surface area contributed by atoms with Crippen LogP contribution in [0.4, 0.5) is 4.39 Å². The minimum Gasteiger partial charge on any atom is -0.339 e. The topological polar surface area (TPSA) is 17.8 Å². The number of aryl methyl sites for hydroxylation is 3. The number of benzene rings is 1. The molecular weight excluding hydrogens is 239 g/mol. The first-order valence-corrected chi connectivity index (χ1v) is 6.49. The first-order chi connectivity index (χ1) is 9.24. The molecule has 0 unspecified atom stereocenters. The second-order valence-corrected chi connectivity index (χ2v) is 5.06. The predicted molar refractivity (Wildman–Crippen MR) is 73.6 cm³/mol. The van der Waals surface area contributed by atoms with Gasteiger partial charge in [0.2, 0.25) is 0 Å². The smallest absolute Gasteiger partial charge is 0.132 e. The third-order valence-corrected chi connectivity index (χ3v) is 3.86. The molecule has 3 heterocycles. The molecule has 1 aromatic carbocycles. The van der Waals surface area contributed by atoms with Crippen molar-refractivity contribution in [3.8, 4) is 11.4 Å². The third-order valence-electron chi connectivity index (χ3n) is 3.86. The van der Waals surface area contributed by atoms with Gasteiger partial charge in [-0.25, -0.2) is 4.39 Å². The molecule has 0 fully saturated rings. The molecule has 2 aromatic heterocycles. The van der Waals surface area contributed by atoms with Crippen molar-refractivity contribution >= 4 is 10.9 Å². The van der Waals surface area contributed by atoms with E-state index in [9.17, 15) is 4.39 Å². The Hall–Kier alpha value is -2.16. The highest BCUT2D eigenvalue weighted by Gasteiger charge is 2.20. The lowest BCUT2D eigenvalue weighted by atomic mass is 10.0. The predicted octanol–water partition coefficient (Wildman–Crippen LogP) is 3.71. The lowest BCUT2D eigenvalue weighted by Crippen LogP contribution is -2.11. The van der Waals surface area contributed by atoms with Crippen LogP contribution in [-0.4, -0.2) is 9.55 Å². The maximum absolute atomic E-state index is 13.9. The van der Waals surface area contributed by atoms with Gasteiger partial charge in [-0.3, -0.25) is 4.98 Å². The first kappa shape index (κ1) is 10.7. The van der Waals surface area contributed by atoms with Crippen LogP contribution in [0.3, 0.4) is 0 Å². The van der Waals surface area contributed by atoms with Crippen LogP contribution in [0.2, 0.25) is 0 Å². The summed E-state index contributed by atoms with van der Waals surface area (Å²) in [5.41, 5.74) is 5.25. The molecule has 2 nitrogen and oxygen atoms in total. The lowest BCUT2D eigenvalue weighted by Gasteiger charge is -2.19. The van der Waals surface area contributed by atoms with E-state index in [1.165, 1.54) is 11.6 Å². The summed E-state index contributed by atoms with van der Waals surface area (Å²) in [4.78, 5) is 4.64. The van der Waals surface area contributed by atoms with Crippen molar-refractivity contribution in [2.24, 2.45) is 0 Å². The summed E-state index contributed by atoms with van der Waals surface area (Å²) < 4.78 is 16.1. The van der Waals surface area contributed by atoms with E-state index in [0.29, 0.717) is 5.39 Å². The highest BCUT2D eigenvalue weighted by atomic mass is 19.1. The quantitative estimate of drug-likeness (QED) is 0.596. The van der Waals surface area contributed by atoms with Crippen LogP contribution in [0.1, 0.15) is 11.3 Å². The SMILES string of the molecule is Cc1ccc2c(n1)-c1cc3c(F)cccc3n1CC2. The fourth-order valence-corrected chi connectivity index (χ4v) is 2.93. The maximum atomic E-state index is 13.9. The summed E-state index contributed by atoms with van der Waals surface area (Å²) in [6, 6.07) is 11.4. The van der Waals surface area contributed by atoms with E-state index in [1.807, 2.05) is 25.1 Å². The van der Waals surface area contributed by atoms with Crippen LogP contribution >= 0.6 is 0 Å². The zero-order valence-electron chi connectivity index (χ0n) is 10.7. The monoisotopic (exact) mass is 252 g/mol. The number of fused-ring (bicyclic) bond motifs is 5. The Morgan fingerprint density at radius 3 is 3.00 bits per heavy atom. The van der Waals surface area contributed by atoms with Gasteiger partial charge in [-0.2, -0.15) is 0 Å². The summed E-state index contributed by atoms with van der Waals surface area (Å²) in [7, 11) is 0. The number of nitrogens with zero attached hydrogens (tertiary/aromatic N) is 2. The molecular formula is C16H13FN2. The van der Waals surface area contributed by atoms with E-state index in [0.717, 1.165) is 35.6 Å². The van der Waals surface area contributed by atoms with Crippen LogP contribution in [0, 0.1) is 12.7 Å². The molecule has 0 bridgehead atoms. The third kappa shape index (κ3) is 1.44. The van der Waals surface area contributed by atoms with Crippen LogP contribution in [0.5, 0.6) is 0 Å². The zero-order chi connectivity index (χ0) is 13.0. The van der Waals surface area contributed by atoms with E-state index in [2.05, 4.69) is 15.6 Å². The molecule has 1 aliphatic heterocycles. The second kappa shape index (κ2) is 3.67. The molecule has 19 heavy (non-hydrogen) atoms. The highest BCUT2D eigenvalue weighted by Crippen LogP contribution is 2.34. The number of halogens is 1. The molecule has 0 N–H and O–H groups in total. The van der Waals surface area contributed by atoms with E-state index < -0.39 is 0 Å². The standard InChI is InChI=1S/C16H13FN2/c1-10-5-6-11-7-8-19-14-4-2-3-13(17)12(14)9-15(19)16(11)18-10/h2-6,9H,7-8H2,1H3. The van der Waals surface area contributed by atoms with Crippen molar-refractivity contribution in [1.29, 1.82) is 0 Å². The van der Waals surface area contributed by atoms with E-state index in [4.69, 9.17) is 0 Å². The Bertz CT molecular complexity index is 802. The largest absolute Gasteiger partial charge is 0.339 e. The van der Waals surface area contributed by atoms with Crippen LogP contribution in [0.15, 0.2) is 36.4 Å². The molecule has 0 atom stereocenters. The van der Waals surface area contributed by atoms with Crippen molar-refractivity contribution in [3.63, 3.8) is 0 Å². The highest BCUT2D eigenvalue weighted by molar-refractivity contribution is 5.88. The van der Waals surface area contributed by atoms with Crippen molar-refractivity contribution < 1.29 is 4.39 Å². The van der Waals surface area contributed by atoms with Gasteiger partial charge in [-0.05, 0) is 43.2 Å².